The molecule has 3 nitrogen and oxygen atoms in total. The molecule has 0 bridgehead atoms. The van der Waals surface area contributed by atoms with E-state index in [0.717, 1.165) is 11.3 Å². The van der Waals surface area contributed by atoms with E-state index in [9.17, 15) is 4.39 Å². The van der Waals surface area contributed by atoms with Crippen molar-refractivity contribution in [2.45, 2.75) is 13.5 Å². The van der Waals surface area contributed by atoms with E-state index in [1.165, 1.54) is 6.07 Å². The number of hydrogen-bond donors (Lipinski definition) is 1. The van der Waals surface area contributed by atoms with Gasteiger partial charge in [-0.15, -0.1) is 0 Å². The van der Waals surface area contributed by atoms with Gasteiger partial charge in [0, 0.05) is 25.4 Å². The Bertz CT molecular complexity index is 516. The lowest BCUT2D eigenvalue weighted by Gasteiger charge is -2.08. The highest BCUT2D eigenvalue weighted by Crippen LogP contribution is 2.25. The number of nitrogens with one attached hydrogen (secondary N) is 1. The lowest BCUT2D eigenvalue weighted by molar-refractivity contribution is 0.630. The fourth-order valence-corrected chi connectivity index (χ4v) is 1.90. The van der Waals surface area contributed by atoms with E-state index in [2.05, 4.69) is 10.4 Å². The van der Waals surface area contributed by atoms with Crippen molar-refractivity contribution in [2.24, 2.45) is 7.05 Å². The standard InChI is InChI=1S/C12H13ClFN3/c1-8-9(7-17(2)16-8)6-15-12-10(13)4-3-5-11(12)14/h3-5,7,15H,6H2,1-2H3. The molecule has 1 aromatic heterocycles. The predicted octanol–water partition coefficient (Wildman–Crippen LogP) is 3.13. The minimum Gasteiger partial charge on any atom is -0.377 e. The molecule has 0 fully saturated rings. The van der Waals surface area contributed by atoms with Crippen molar-refractivity contribution >= 4 is 17.3 Å². The molecule has 1 aromatic carbocycles. The SMILES string of the molecule is Cc1nn(C)cc1CNc1c(F)cccc1Cl. The fourth-order valence-electron chi connectivity index (χ4n) is 1.67. The highest BCUT2D eigenvalue weighted by atomic mass is 35.5. The highest BCUT2D eigenvalue weighted by Gasteiger charge is 2.08. The molecule has 0 aliphatic rings. The van der Waals surface area contributed by atoms with Crippen LogP contribution in [0.2, 0.25) is 5.02 Å². The molecule has 0 radical (unpaired) electrons. The van der Waals surface area contributed by atoms with Gasteiger partial charge in [0.05, 0.1) is 16.4 Å². The van der Waals surface area contributed by atoms with Crippen LogP contribution in [0.4, 0.5) is 10.1 Å². The largest absolute Gasteiger partial charge is 0.377 e. The molecule has 0 atom stereocenters. The number of aryl methyl sites for hydroxylation is 2. The van der Waals surface area contributed by atoms with Crippen molar-refractivity contribution < 1.29 is 4.39 Å². The summed E-state index contributed by atoms with van der Waals surface area (Å²) in [7, 11) is 1.85. The van der Waals surface area contributed by atoms with Gasteiger partial charge in [0.25, 0.3) is 0 Å². The van der Waals surface area contributed by atoms with Gasteiger partial charge < -0.3 is 5.32 Å². The number of hydrogen-bond acceptors (Lipinski definition) is 2. The maximum atomic E-state index is 13.5. The van der Waals surface area contributed by atoms with Gasteiger partial charge in [-0.3, -0.25) is 4.68 Å². The Balaban J connectivity index is 2.15. The molecule has 0 amide bonds. The zero-order chi connectivity index (χ0) is 12.4. The van der Waals surface area contributed by atoms with Gasteiger partial charge in [-0.25, -0.2) is 4.39 Å². The van der Waals surface area contributed by atoms with Crippen molar-refractivity contribution in [1.82, 2.24) is 9.78 Å². The van der Waals surface area contributed by atoms with E-state index in [0.29, 0.717) is 17.3 Å². The van der Waals surface area contributed by atoms with Crippen molar-refractivity contribution in [1.29, 1.82) is 0 Å². The quantitative estimate of drug-likeness (QED) is 0.911. The first kappa shape index (κ1) is 11.9. The Kier molecular flexibility index (Phi) is 3.33. The third-order valence-corrected chi connectivity index (χ3v) is 2.85. The van der Waals surface area contributed by atoms with Gasteiger partial charge in [-0.2, -0.15) is 5.10 Å². The van der Waals surface area contributed by atoms with Crippen LogP contribution in [-0.4, -0.2) is 9.78 Å². The first-order chi connectivity index (χ1) is 8.08. The number of anilines is 1. The molecule has 1 N–H and O–H groups in total. The maximum Gasteiger partial charge on any atom is 0.147 e. The number of benzene rings is 1. The lowest BCUT2D eigenvalue weighted by Crippen LogP contribution is -2.02. The van der Waals surface area contributed by atoms with Crippen molar-refractivity contribution in [2.75, 3.05) is 5.32 Å². The van der Waals surface area contributed by atoms with Crippen LogP contribution in [0.3, 0.4) is 0 Å². The zero-order valence-electron chi connectivity index (χ0n) is 9.67. The molecule has 2 aromatic rings. The zero-order valence-corrected chi connectivity index (χ0v) is 10.4. The molecule has 0 aliphatic heterocycles. The van der Waals surface area contributed by atoms with Gasteiger partial charge in [0.2, 0.25) is 0 Å². The van der Waals surface area contributed by atoms with E-state index in [1.807, 2.05) is 20.2 Å². The van der Waals surface area contributed by atoms with Crippen LogP contribution >= 0.6 is 11.6 Å². The number of halogens is 2. The molecule has 0 saturated heterocycles. The van der Waals surface area contributed by atoms with Crippen LogP contribution in [0, 0.1) is 12.7 Å². The molecule has 0 unspecified atom stereocenters. The summed E-state index contributed by atoms with van der Waals surface area (Å²) in [5.41, 5.74) is 2.27. The summed E-state index contributed by atoms with van der Waals surface area (Å²) in [4.78, 5) is 0. The van der Waals surface area contributed by atoms with E-state index in [1.54, 1.807) is 16.8 Å². The molecule has 1 heterocycles. The monoisotopic (exact) mass is 253 g/mol. The topological polar surface area (TPSA) is 29.9 Å². The summed E-state index contributed by atoms with van der Waals surface area (Å²) in [5.74, 6) is -0.348. The summed E-state index contributed by atoms with van der Waals surface area (Å²) in [5, 5.41) is 7.59. The normalized spacial score (nSPS) is 10.6. The maximum absolute atomic E-state index is 13.5. The molecule has 5 heteroatoms. The summed E-state index contributed by atoms with van der Waals surface area (Å²) in [6, 6.07) is 4.62. The Morgan fingerprint density at radius 2 is 2.24 bits per heavy atom. The van der Waals surface area contributed by atoms with E-state index in [-0.39, 0.29) is 5.82 Å². The van der Waals surface area contributed by atoms with Gasteiger partial charge in [-0.05, 0) is 19.1 Å². The molecule has 0 spiro atoms. The molecular formula is C12H13ClFN3. The van der Waals surface area contributed by atoms with Crippen molar-refractivity contribution in [3.63, 3.8) is 0 Å². The molecule has 0 aliphatic carbocycles. The second kappa shape index (κ2) is 4.75. The summed E-state index contributed by atoms with van der Waals surface area (Å²) in [6.07, 6.45) is 1.90. The highest BCUT2D eigenvalue weighted by molar-refractivity contribution is 6.33. The lowest BCUT2D eigenvalue weighted by atomic mass is 10.2. The fraction of sp³-hybridized carbons (Fsp3) is 0.250. The second-order valence-corrected chi connectivity index (χ2v) is 4.27. The number of aromatic nitrogens is 2. The van der Waals surface area contributed by atoms with E-state index >= 15 is 0 Å². The van der Waals surface area contributed by atoms with Gasteiger partial charge in [-0.1, -0.05) is 17.7 Å². The summed E-state index contributed by atoms with van der Waals surface area (Å²) >= 11 is 5.92. The smallest absolute Gasteiger partial charge is 0.147 e. The van der Waals surface area contributed by atoms with Crippen molar-refractivity contribution in [3.8, 4) is 0 Å². The Labute approximate surface area is 104 Å². The van der Waals surface area contributed by atoms with Gasteiger partial charge in [0.1, 0.15) is 5.82 Å². The summed E-state index contributed by atoms with van der Waals surface area (Å²) < 4.78 is 15.2. The van der Waals surface area contributed by atoms with Crippen LogP contribution in [-0.2, 0) is 13.6 Å². The second-order valence-electron chi connectivity index (χ2n) is 3.86. The van der Waals surface area contributed by atoms with Gasteiger partial charge in [0.15, 0.2) is 0 Å². The minimum absolute atomic E-state index is 0.331. The number of rotatable bonds is 3. The van der Waals surface area contributed by atoms with E-state index < -0.39 is 0 Å². The average molecular weight is 254 g/mol. The first-order valence-corrected chi connectivity index (χ1v) is 5.62. The molecule has 2 rings (SSSR count). The van der Waals surface area contributed by atoms with Crippen LogP contribution in [0.25, 0.3) is 0 Å². The molecular weight excluding hydrogens is 241 g/mol. The molecule has 17 heavy (non-hydrogen) atoms. The minimum atomic E-state index is -0.348. The van der Waals surface area contributed by atoms with Crippen molar-refractivity contribution in [3.05, 3.63) is 46.5 Å². The van der Waals surface area contributed by atoms with Gasteiger partial charge >= 0.3 is 0 Å². The third kappa shape index (κ3) is 2.58. The Morgan fingerprint density at radius 1 is 1.47 bits per heavy atom. The van der Waals surface area contributed by atoms with Crippen LogP contribution < -0.4 is 5.32 Å². The van der Waals surface area contributed by atoms with Crippen LogP contribution in [0.1, 0.15) is 11.3 Å². The number of para-hydroxylation sites is 1. The van der Waals surface area contributed by atoms with Crippen LogP contribution in [0.5, 0.6) is 0 Å². The Morgan fingerprint density at radius 3 is 2.82 bits per heavy atom. The first-order valence-electron chi connectivity index (χ1n) is 5.25. The van der Waals surface area contributed by atoms with E-state index in [4.69, 9.17) is 11.6 Å². The predicted molar refractivity (Wildman–Crippen MR) is 66.7 cm³/mol. The average Bonchev–Trinajstić information content (AvgIpc) is 2.57. The Hall–Kier alpha value is -1.55. The summed E-state index contributed by atoms with van der Waals surface area (Å²) in [6.45, 7) is 2.42. The van der Waals surface area contributed by atoms with Crippen LogP contribution in [0.15, 0.2) is 24.4 Å². The molecule has 90 valence electrons. The third-order valence-electron chi connectivity index (χ3n) is 2.53. The molecule has 0 saturated carbocycles. The number of nitrogens with zero attached hydrogens (tertiary/aromatic N) is 2.